The zero-order valence-corrected chi connectivity index (χ0v) is 12.2. The van der Waals surface area contributed by atoms with Gasteiger partial charge in [0.15, 0.2) is 0 Å². The van der Waals surface area contributed by atoms with Gasteiger partial charge in [-0.05, 0) is 42.9 Å². The molecule has 3 aromatic rings. The molecule has 20 heavy (non-hydrogen) atoms. The molecule has 0 spiro atoms. The maximum absolute atomic E-state index is 6.21. The molecular formula is C15H12Cl2N2O. The second kappa shape index (κ2) is 5.44. The van der Waals surface area contributed by atoms with Crippen molar-refractivity contribution in [3.8, 4) is 0 Å². The van der Waals surface area contributed by atoms with Crippen molar-refractivity contribution >= 4 is 34.2 Å². The van der Waals surface area contributed by atoms with Crippen LogP contribution in [0.3, 0.4) is 0 Å². The summed E-state index contributed by atoms with van der Waals surface area (Å²) in [4.78, 5) is 4.00. The Bertz CT molecular complexity index is 754. The maximum atomic E-state index is 6.21. The lowest BCUT2D eigenvalue weighted by molar-refractivity contribution is 0.491. The number of aromatic nitrogens is 1. The highest BCUT2D eigenvalue weighted by Crippen LogP contribution is 2.32. The van der Waals surface area contributed by atoms with E-state index in [4.69, 9.17) is 27.6 Å². The average molecular weight is 307 g/mol. The molecule has 0 saturated carbocycles. The van der Waals surface area contributed by atoms with E-state index < -0.39 is 0 Å². The van der Waals surface area contributed by atoms with E-state index in [0.717, 1.165) is 22.3 Å². The van der Waals surface area contributed by atoms with Gasteiger partial charge in [-0.2, -0.15) is 0 Å². The van der Waals surface area contributed by atoms with Crippen LogP contribution in [0.15, 0.2) is 47.1 Å². The predicted octanol–water partition coefficient (Wildman–Crippen LogP) is 4.44. The molecular weight excluding hydrogens is 295 g/mol. The van der Waals surface area contributed by atoms with Gasteiger partial charge in [-0.15, -0.1) is 0 Å². The molecule has 2 heterocycles. The van der Waals surface area contributed by atoms with Gasteiger partial charge in [-0.25, -0.2) is 0 Å². The Balaban J connectivity index is 2.10. The molecule has 5 heteroatoms. The lowest BCUT2D eigenvalue weighted by Gasteiger charge is -2.14. The minimum atomic E-state index is -0.128. The largest absolute Gasteiger partial charge is 0.459 e. The molecule has 0 fully saturated rings. The van der Waals surface area contributed by atoms with Gasteiger partial charge in [0.25, 0.3) is 0 Å². The van der Waals surface area contributed by atoms with Crippen LogP contribution in [0.1, 0.15) is 17.4 Å². The third-order valence-electron chi connectivity index (χ3n) is 3.19. The van der Waals surface area contributed by atoms with Gasteiger partial charge in [-0.1, -0.05) is 23.2 Å². The molecule has 1 aromatic carbocycles. The van der Waals surface area contributed by atoms with Crippen LogP contribution in [0.2, 0.25) is 10.0 Å². The van der Waals surface area contributed by atoms with Crippen LogP contribution in [0.5, 0.6) is 0 Å². The lowest BCUT2D eigenvalue weighted by Crippen LogP contribution is -2.17. The molecule has 1 N–H and O–H groups in total. The van der Waals surface area contributed by atoms with Gasteiger partial charge in [-0.3, -0.25) is 4.98 Å². The molecule has 102 valence electrons. The molecule has 3 rings (SSSR count). The third kappa shape index (κ3) is 2.40. The summed E-state index contributed by atoms with van der Waals surface area (Å²) >= 11 is 12.2. The molecule has 0 aliphatic carbocycles. The predicted molar refractivity (Wildman–Crippen MR) is 81.4 cm³/mol. The van der Waals surface area contributed by atoms with Crippen molar-refractivity contribution in [2.45, 2.75) is 6.04 Å². The molecule has 0 amide bonds. The van der Waals surface area contributed by atoms with E-state index in [1.54, 1.807) is 12.4 Å². The highest BCUT2D eigenvalue weighted by Gasteiger charge is 2.19. The van der Waals surface area contributed by atoms with Gasteiger partial charge in [0, 0.05) is 22.8 Å². The summed E-state index contributed by atoms with van der Waals surface area (Å²) in [5.41, 5.74) is 1.73. The van der Waals surface area contributed by atoms with Crippen molar-refractivity contribution < 1.29 is 4.42 Å². The highest BCUT2D eigenvalue weighted by molar-refractivity contribution is 6.31. The van der Waals surface area contributed by atoms with Crippen LogP contribution in [0, 0.1) is 0 Å². The van der Waals surface area contributed by atoms with E-state index in [2.05, 4.69) is 10.3 Å². The summed E-state index contributed by atoms with van der Waals surface area (Å²) < 4.78 is 5.89. The monoisotopic (exact) mass is 306 g/mol. The van der Waals surface area contributed by atoms with E-state index in [1.807, 2.05) is 37.4 Å². The molecule has 0 aliphatic heterocycles. The number of hydrogen-bond donors (Lipinski definition) is 1. The molecule has 0 bridgehead atoms. The number of furan rings is 1. The van der Waals surface area contributed by atoms with Crippen LogP contribution in [0.25, 0.3) is 11.0 Å². The Morgan fingerprint density at radius 3 is 2.80 bits per heavy atom. The standard InChI is InChI=1S/C15H12Cl2N2O/c1-18-15(11-4-5-19-8-12(11)17)14-7-9-6-10(16)2-3-13(9)20-14/h2-8,15,18H,1H3. The fraction of sp³-hybridized carbons (Fsp3) is 0.133. The molecule has 0 aliphatic rings. The number of pyridine rings is 1. The van der Waals surface area contributed by atoms with Crippen molar-refractivity contribution in [1.29, 1.82) is 0 Å². The number of fused-ring (bicyclic) bond motifs is 1. The van der Waals surface area contributed by atoms with Crippen molar-refractivity contribution in [2.75, 3.05) is 7.05 Å². The molecule has 2 aromatic heterocycles. The van der Waals surface area contributed by atoms with E-state index in [9.17, 15) is 0 Å². The van der Waals surface area contributed by atoms with Crippen LogP contribution < -0.4 is 5.32 Å². The van der Waals surface area contributed by atoms with Crippen molar-refractivity contribution in [1.82, 2.24) is 10.3 Å². The average Bonchev–Trinajstić information content (AvgIpc) is 2.84. The van der Waals surface area contributed by atoms with Gasteiger partial charge >= 0.3 is 0 Å². The Labute approximate surface area is 126 Å². The first kappa shape index (κ1) is 13.4. The summed E-state index contributed by atoms with van der Waals surface area (Å²) in [7, 11) is 1.86. The molecule has 1 atom stereocenters. The van der Waals surface area contributed by atoms with E-state index >= 15 is 0 Å². The van der Waals surface area contributed by atoms with E-state index in [0.29, 0.717) is 10.0 Å². The van der Waals surface area contributed by atoms with Crippen molar-refractivity contribution in [2.24, 2.45) is 0 Å². The number of benzene rings is 1. The number of nitrogens with one attached hydrogen (secondary N) is 1. The fourth-order valence-electron chi connectivity index (χ4n) is 2.25. The van der Waals surface area contributed by atoms with Gasteiger partial charge in [0.2, 0.25) is 0 Å². The first-order valence-corrected chi connectivity index (χ1v) is 6.90. The van der Waals surface area contributed by atoms with E-state index in [-0.39, 0.29) is 6.04 Å². The first-order chi connectivity index (χ1) is 9.69. The Kier molecular flexibility index (Phi) is 3.66. The van der Waals surface area contributed by atoms with Crippen LogP contribution in [-0.4, -0.2) is 12.0 Å². The minimum absolute atomic E-state index is 0.128. The van der Waals surface area contributed by atoms with Crippen LogP contribution in [0.4, 0.5) is 0 Å². The van der Waals surface area contributed by atoms with Gasteiger partial charge < -0.3 is 9.73 Å². The SMILES string of the molecule is CNC(c1cc2cc(Cl)ccc2o1)c1ccncc1Cl. The zero-order valence-electron chi connectivity index (χ0n) is 10.7. The zero-order chi connectivity index (χ0) is 14.1. The smallest absolute Gasteiger partial charge is 0.134 e. The minimum Gasteiger partial charge on any atom is -0.459 e. The normalized spacial score (nSPS) is 12.8. The quantitative estimate of drug-likeness (QED) is 0.777. The first-order valence-electron chi connectivity index (χ1n) is 6.14. The maximum Gasteiger partial charge on any atom is 0.134 e. The Hall–Kier alpha value is -1.55. The number of hydrogen-bond acceptors (Lipinski definition) is 3. The summed E-state index contributed by atoms with van der Waals surface area (Å²) in [6.45, 7) is 0. The van der Waals surface area contributed by atoms with Crippen LogP contribution in [-0.2, 0) is 0 Å². The van der Waals surface area contributed by atoms with Gasteiger partial charge in [0.1, 0.15) is 11.3 Å². The molecule has 1 unspecified atom stereocenters. The number of rotatable bonds is 3. The second-order valence-electron chi connectivity index (χ2n) is 4.45. The Morgan fingerprint density at radius 2 is 2.05 bits per heavy atom. The highest BCUT2D eigenvalue weighted by atomic mass is 35.5. The summed E-state index contributed by atoms with van der Waals surface area (Å²) in [5, 5.41) is 5.47. The number of nitrogens with zero attached hydrogens (tertiary/aromatic N) is 1. The van der Waals surface area contributed by atoms with Crippen molar-refractivity contribution in [3.05, 3.63) is 64.1 Å². The number of halogens is 2. The fourth-order valence-corrected chi connectivity index (χ4v) is 2.66. The topological polar surface area (TPSA) is 38.1 Å². The Morgan fingerprint density at radius 1 is 1.20 bits per heavy atom. The molecule has 0 saturated heterocycles. The summed E-state index contributed by atoms with van der Waals surface area (Å²) in [5.74, 6) is 0.790. The van der Waals surface area contributed by atoms with Crippen LogP contribution >= 0.6 is 23.2 Å². The van der Waals surface area contributed by atoms with Crippen molar-refractivity contribution in [3.63, 3.8) is 0 Å². The second-order valence-corrected chi connectivity index (χ2v) is 5.29. The lowest BCUT2D eigenvalue weighted by atomic mass is 10.1. The molecule has 0 radical (unpaired) electrons. The molecule has 3 nitrogen and oxygen atoms in total. The summed E-state index contributed by atoms with van der Waals surface area (Å²) in [6, 6.07) is 9.28. The van der Waals surface area contributed by atoms with E-state index in [1.165, 1.54) is 0 Å². The third-order valence-corrected chi connectivity index (χ3v) is 3.74. The van der Waals surface area contributed by atoms with Gasteiger partial charge in [0.05, 0.1) is 11.1 Å². The summed E-state index contributed by atoms with van der Waals surface area (Å²) in [6.07, 6.45) is 3.34.